The van der Waals surface area contributed by atoms with Crippen LogP contribution in [-0.4, -0.2) is 77.1 Å². The van der Waals surface area contributed by atoms with Crippen LogP contribution in [0.15, 0.2) is 72.1 Å². The van der Waals surface area contributed by atoms with Crippen molar-refractivity contribution in [3.05, 3.63) is 83.9 Å². The van der Waals surface area contributed by atoms with Gasteiger partial charge in [0, 0.05) is 45.6 Å². The number of aliphatic imine (C=N–C) groups is 1. The second-order valence-electron chi connectivity index (χ2n) is 11.0. The van der Waals surface area contributed by atoms with Gasteiger partial charge in [-0.25, -0.2) is 18.2 Å². The van der Waals surface area contributed by atoms with E-state index in [2.05, 4.69) is 14.9 Å². The largest absolute Gasteiger partial charge is 0.456 e. The lowest BCUT2D eigenvalue weighted by Gasteiger charge is -2.30. The first-order chi connectivity index (χ1) is 18.9. The number of likely N-dealkylation sites (N-methyl/N-ethyl adjacent to an activating group) is 1. The van der Waals surface area contributed by atoms with E-state index in [1.54, 1.807) is 35.9 Å². The highest BCUT2D eigenvalue weighted by molar-refractivity contribution is 7.89. The Morgan fingerprint density at radius 3 is 2.30 bits per heavy atom. The summed E-state index contributed by atoms with van der Waals surface area (Å²) in [5.74, 6) is -0.389. The number of aryl methyl sites for hydroxylation is 1. The number of sulfonamides is 1. The van der Waals surface area contributed by atoms with Crippen molar-refractivity contribution in [3.8, 4) is 0 Å². The van der Waals surface area contributed by atoms with Gasteiger partial charge in [-0.3, -0.25) is 4.99 Å². The zero-order valence-corrected chi connectivity index (χ0v) is 24.6. The molecule has 0 amide bonds. The second kappa shape index (κ2) is 12.2. The minimum absolute atomic E-state index is 0.246. The fourth-order valence-electron chi connectivity index (χ4n) is 4.36. The molecule has 2 heterocycles. The fraction of sp³-hybridized carbons (Fsp3) is 0.414. The molecule has 4 rings (SSSR count). The maximum absolute atomic E-state index is 13.7. The smallest absolute Gasteiger partial charge is 0.338 e. The van der Waals surface area contributed by atoms with Gasteiger partial charge in [-0.1, -0.05) is 30.3 Å². The molecule has 0 aliphatic carbocycles. The van der Waals surface area contributed by atoms with Gasteiger partial charge in [0.05, 0.1) is 37.0 Å². The molecular weight excluding hydrogens is 528 g/mol. The van der Waals surface area contributed by atoms with Gasteiger partial charge in [0.2, 0.25) is 10.0 Å². The molecule has 1 aliphatic rings. The third kappa shape index (κ3) is 7.48. The van der Waals surface area contributed by atoms with Gasteiger partial charge in [-0.15, -0.1) is 0 Å². The Morgan fingerprint density at radius 2 is 1.73 bits per heavy atom. The van der Waals surface area contributed by atoms with E-state index in [1.807, 2.05) is 81.9 Å². The number of carbonyl (C=O) groups is 1. The van der Waals surface area contributed by atoms with Crippen LogP contribution in [-0.2, 0) is 34.9 Å². The van der Waals surface area contributed by atoms with Crippen molar-refractivity contribution in [1.29, 1.82) is 0 Å². The van der Waals surface area contributed by atoms with Crippen LogP contribution >= 0.6 is 0 Å². The predicted molar refractivity (Wildman–Crippen MR) is 157 cm³/mol. The molecule has 0 fully saturated rings. The molecule has 1 atom stereocenters. The Bertz CT molecular complexity index is 1410. The number of imidazole rings is 1. The SMILES string of the molecule is CN1C=NC(S(=O)(=O)N(CCN(Cc2cncn2C)c2ccc(C(=O)OC(C)(C)C)cc2)Cc2ccccc2)C1. The van der Waals surface area contributed by atoms with Gasteiger partial charge in [0.25, 0.3) is 0 Å². The maximum atomic E-state index is 13.7. The third-order valence-electron chi connectivity index (χ3n) is 6.54. The van der Waals surface area contributed by atoms with Crippen LogP contribution in [0, 0.1) is 0 Å². The molecule has 0 radical (unpaired) electrons. The number of nitrogens with zero attached hydrogens (tertiary/aromatic N) is 6. The zero-order chi connectivity index (χ0) is 28.9. The van der Waals surface area contributed by atoms with Gasteiger partial charge in [-0.05, 0) is 50.6 Å². The predicted octanol–water partition coefficient (Wildman–Crippen LogP) is 3.51. The summed E-state index contributed by atoms with van der Waals surface area (Å²) < 4.78 is 36.4. The molecular formula is C29H38N6O4S. The van der Waals surface area contributed by atoms with E-state index >= 15 is 0 Å². The van der Waals surface area contributed by atoms with Crippen molar-refractivity contribution in [2.45, 2.75) is 44.8 Å². The van der Waals surface area contributed by atoms with E-state index in [9.17, 15) is 13.2 Å². The Morgan fingerprint density at radius 1 is 1.02 bits per heavy atom. The molecule has 0 saturated heterocycles. The van der Waals surface area contributed by atoms with Gasteiger partial charge in [0.1, 0.15) is 5.60 Å². The summed E-state index contributed by atoms with van der Waals surface area (Å²) in [6.07, 6.45) is 5.10. The Balaban J connectivity index is 1.59. The van der Waals surface area contributed by atoms with Crippen LogP contribution in [0.25, 0.3) is 0 Å². The van der Waals surface area contributed by atoms with Crippen molar-refractivity contribution in [2.75, 3.05) is 31.6 Å². The van der Waals surface area contributed by atoms with Crippen molar-refractivity contribution < 1.29 is 17.9 Å². The number of esters is 1. The number of aromatic nitrogens is 2. The number of carbonyl (C=O) groups excluding carboxylic acids is 1. The van der Waals surface area contributed by atoms with Crippen LogP contribution < -0.4 is 4.90 Å². The van der Waals surface area contributed by atoms with Gasteiger partial charge < -0.3 is 19.1 Å². The highest BCUT2D eigenvalue weighted by Gasteiger charge is 2.35. The molecule has 11 heteroatoms. The van der Waals surface area contributed by atoms with Gasteiger partial charge in [0.15, 0.2) is 5.37 Å². The molecule has 40 heavy (non-hydrogen) atoms. The van der Waals surface area contributed by atoms with Crippen molar-refractivity contribution in [3.63, 3.8) is 0 Å². The second-order valence-corrected chi connectivity index (χ2v) is 13.1. The molecule has 0 bridgehead atoms. The molecule has 0 spiro atoms. The number of hydrogen-bond acceptors (Lipinski definition) is 8. The van der Waals surface area contributed by atoms with E-state index < -0.39 is 21.0 Å². The summed E-state index contributed by atoms with van der Waals surface area (Å²) in [6.45, 7) is 7.23. The summed E-state index contributed by atoms with van der Waals surface area (Å²) in [4.78, 5) is 24.9. The van der Waals surface area contributed by atoms with Crippen LogP contribution in [0.4, 0.5) is 5.69 Å². The van der Waals surface area contributed by atoms with E-state index in [4.69, 9.17) is 4.74 Å². The molecule has 1 aromatic heterocycles. The highest BCUT2D eigenvalue weighted by atomic mass is 32.2. The zero-order valence-electron chi connectivity index (χ0n) is 23.8. The van der Waals surface area contributed by atoms with Gasteiger partial charge in [-0.2, -0.15) is 4.31 Å². The number of anilines is 1. The molecule has 2 aromatic carbocycles. The standard InChI is InChI=1S/C29H38N6O4S/c1-29(2,3)39-28(36)24-11-13-25(14-12-24)34(19-26-17-30-21-33(26)5)15-16-35(18-23-9-7-6-8-10-23)40(37,38)27-20-32(4)22-31-27/h6-14,17,21-22,27H,15-16,18-20H2,1-5H3. The minimum atomic E-state index is -3.73. The summed E-state index contributed by atoms with van der Waals surface area (Å²) in [6, 6.07) is 16.8. The monoisotopic (exact) mass is 566 g/mol. The molecule has 0 saturated carbocycles. The van der Waals surface area contributed by atoms with Crippen LogP contribution in [0.1, 0.15) is 42.4 Å². The van der Waals surface area contributed by atoms with E-state index in [0.29, 0.717) is 25.2 Å². The lowest BCUT2D eigenvalue weighted by Crippen LogP contribution is -2.43. The Kier molecular flexibility index (Phi) is 8.95. The first kappa shape index (κ1) is 29.3. The van der Waals surface area contributed by atoms with E-state index in [-0.39, 0.29) is 19.1 Å². The number of hydrogen-bond donors (Lipinski definition) is 0. The number of ether oxygens (including phenoxy) is 1. The van der Waals surface area contributed by atoms with Gasteiger partial charge >= 0.3 is 5.97 Å². The Labute approximate surface area is 236 Å². The molecule has 1 aliphatic heterocycles. The summed E-state index contributed by atoms with van der Waals surface area (Å²) in [5, 5.41) is -0.847. The third-order valence-corrected chi connectivity index (χ3v) is 8.53. The summed E-state index contributed by atoms with van der Waals surface area (Å²) >= 11 is 0. The first-order valence-corrected chi connectivity index (χ1v) is 14.7. The topological polar surface area (TPSA) is 100 Å². The fourth-order valence-corrected chi connectivity index (χ4v) is 6.01. The molecule has 10 nitrogen and oxygen atoms in total. The maximum Gasteiger partial charge on any atom is 0.338 e. The van der Waals surface area contributed by atoms with Crippen LogP contribution in [0.5, 0.6) is 0 Å². The molecule has 0 N–H and O–H groups in total. The van der Waals surface area contributed by atoms with Crippen LogP contribution in [0.2, 0.25) is 0 Å². The average Bonchev–Trinajstić information content (AvgIpc) is 3.53. The first-order valence-electron chi connectivity index (χ1n) is 13.2. The van der Waals surface area contributed by atoms with Crippen molar-refractivity contribution in [2.24, 2.45) is 12.0 Å². The quantitative estimate of drug-likeness (QED) is 0.328. The molecule has 1 unspecified atom stereocenters. The highest BCUT2D eigenvalue weighted by Crippen LogP contribution is 2.22. The summed E-state index contributed by atoms with van der Waals surface area (Å²) in [5.41, 5.74) is 2.59. The average molecular weight is 567 g/mol. The minimum Gasteiger partial charge on any atom is -0.456 e. The van der Waals surface area contributed by atoms with Crippen molar-refractivity contribution >= 4 is 28.0 Å². The summed E-state index contributed by atoms with van der Waals surface area (Å²) in [7, 11) is 0.0131. The lowest BCUT2D eigenvalue weighted by atomic mass is 10.1. The lowest BCUT2D eigenvalue weighted by molar-refractivity contribution is 0.00695. The molecule has 214 valence electrons. The number of rotatable bonds is 11. The number of benzene rings is 2. The van der Waals surface area contributed by atoms with Crippen LogP contribution in [0.3, 0.4) is 0 Å². The van der Waals surface area contributed by atoms with Crippen molar-refractivity contribution in [1.82, 2.24) is 18.8 Å². The Hall–Kier alpha value is -3.70. The normalized spacial score (nSPS) is 15.6. The molecule has 3 aromatic rings. The van der Waals surface area contributed by atoms with E-state index in [0.717, 1.165) is 16.9 Å². The van der Waals surface area contributed by atoms with E-state index in [1.165, 1.54) is 4.31 Å².